The molecule has 122 valence electrons. The molecule has 1 amide bonds. The van der Waals surface area contributed by atoms with E-state index in [0.29, 0.717) is 6.54 Å². The van der Waals surface area contributed by atoms with E-state index in [1.807, 2.05) is 34.7 Å². The molecule has 0 aliphatic carbocycles. The van der Waals surface area contributed by atoms with Gasteiger partial charge in [0.2, 0.25) is 5.91 Å². The third kappa shape index (κ3) is 3.59. The molecular weight excluding hydrogens is 310 g/mol. The van der Waals surface area contributed by atoms with Gasteiger partial charge >= 0.3 is 0 Å². The number of aromatic nitrogens is 2. The number of rotatable bonds is 5. The van der Waals surface area contributed by atoms with E-state index in [1.165, 1.54) is 11.8 Å². The number of piperidine rings is 1. The molecule has 23 heavy (non-hydrogen) atoms. The van der Waals surface area contributed by atoms with Crippen LogP contribution < -0.4 is 0 Å². The molecule has 0 unspecified atom stereocenters. The normalized spacial score (nSPS) is 18.4. The van der Waals surface area contributed by atoms with E-state index in [0.717, 1.165) is 35.8 Å². The molecule has 1 aromatic carbocycles. The van der Waals surface area contributed by atoms with Crippen LogP contribution >= 0.6 is 11.8 Å². The summed E-state index contributed by atoms with van der Waals surface area (Å²) in [6.07, 6.45) is 3.54. The molecule has 0 saturated carbocycles. The predicted molar refractivity (Wildman–Crippen MR) is 89.9 cm³/mol. The Morgan fingerprint density at radius 3 is 2.83 bits per heavy atom. The van der Waals surface area contributed by atoms with Gasteiger partial charge in [0, 0.05) is 20.1 Å². The lowest BCUT2D eigenvalue weighted by molar-refractivity contribution is -0.133. The van der Waals surface area contributed by atoms with Crippen LogP contribution in [-0.4, -0.2) is 37.3 Å². The number of aliphatic hydroxyl groups excluding tert-OH is 1. The number of thioether (sulfide) groups is 1. The summed E-state index contributed by atoms with van der Waals surface area (Å²) in [5, 5.41) is 9.94. The van der Waals surface area contributed by atoms with Crippen molar-refractivity contribution in [2.45, 2.75) is 36.4 Å². The van der Waals surface area contributed by atoms with Gasteiger partial charge in [0.25, 0.3) is 0 Å². The summed E-state index contributed by atoms with van der Waals surface area (Å²) in [6.45, 7) is 1.44. The summed E-state index contributed by atoms with van der Waals surface area (Å²) < 4.78 is 1.86. The minimum absolute atomic E-state index is 0.0389. The zero-order valence-corrected chi connectivity index (χ0v) is 14.0. The van der Waals surface area contributed by atoms with Gasteiger partial charge in [-0.15, -0.1) is 0 Å². The fourth-order valence-electron chi connectivity index (χ4n) is 2.78. The van der Waals surface area contributed by atoms with E-state index in [9.17, 15) is 9.90 Å². The second-order valence-corrected chi connectivity index (χ2v) is 6.91. The van der Waals surface area contributed by atoms with Gasteiger partial charge in [-0.25, -0.2) is 4.98 Å². The Morgan fingerprint density at radius 1 is 1.35 bits per heavy atom. The first-order chi connectivity index (χ1) is 11.2. The maximum Gasteiger partial charge on any atom is 0.236 e. The van der Waals surface area contributed by atoms with Gasteiger partial charge in [-0.3, -0.25) is 4.79 Å². The lowest BCUT2D eigenvalue weighted by atomic mass is 10.1. The van der Waals surface area contributed by atoms with Crippen molar-refractivity contribution in [1.29, 1.82) is 0 Å². The van der Waals surface area contributed by atoms with Crippen LogP contribution in [0.15, 0.2) is 41.7 Å². The number of nitrogens with zero attached hydrogens (tertiary/aromatic N) is 3. The number of benzene rings is 1. The molecule has 1 fully saturated rings. The molecule has 5 nitrogen and oxygen atoms in total. The summed E-state index contributed by atoms with van der Waals surface area (Å²) >= 11 is 1.50. The zero-order valence-electron chi connectivity index (χ0n) is 13.2. The van der Waals surface area contributed by atoms with Crippen LogP contribution in [0.1, 0.15) is 24.1 Å². The van der Waals surface area contributed by atoms with E-state index in [2.05, 4.69) is 17.1 Å². The van der Waals surface area contributed by atoms with Gasteiger partial charge < -0.3 is 14.6 Å². The molecule has 1 saturated heterocycles. The Morgan fingerprint density at radius 2 is 2.13 bits per heavy atom. The topological polar surface area (TPSA) is 58.4 Å². The number of aliphatic hydroxyl groups is 1. The summed E-state index contributed by atoms with van der Waals surface area (Å²) in [7, 11) is 1.87. The van der Waals surface area contributed by atoms with Crippen molar-refractivity contribution < 1.29 is 9.90 Å². The molecular formula is C17H21N3O2S. The number of hydrogen-bond acceptors (Lipinski definition) is 4. The largest absolute Gasteiger partial charge is 0.390 e. The molecule has 0 spiro atoms. The lowest BCUT2D eigenvalue weighted by Gasteiger charge is -2.31. The van der Waals surface area contributed by atoms with Gasteiger partial charge in [0.15, 0.2) is 5.16 Å². The first-order valence-corrected chi connectivity index (χ1v) is 8.68. The summed E-state index contributed by atoms with van der Waals surface area (Å²) in [5.41, 5.74) is 1.92. The smallest absolute Gasteiger partial charge is 0.236 e. The molecule has 2 heterocycles. The van der Waals surface area contributed by atoms with Gasteiger partial charge in [-0.2, -0.15) is 0 Å². The van der Waals surface area contributed by atoms with Crippen molar-refractivity contribution in [2.24, 2.45) is 7.05 Å². The van der Waals surface area contributed by atoms with Crippen LogP contribution in [0.3, 0.4) is 0 Å². The number of amides is 1. The standard InChI is InChI=1S/C17H21N3O2S/c1-19-14(12-21)10-18-17(19)23-15-8-5-9-20(16(15)22)11-13-6-3-2-4-7-13/h2-4,6-7,10,15,21H,5,8-9,11-12H2,1H3/t15-/m0/s1. The molecule has 1 aliphatic rings. The van der Waals surface area contributed by atoms with Gasteiger partial charge in [-0.05, 0) is 18.4 Å². The van der Waals surface area contributed by atoms with E-state index in [4.69, 9.17) is 0 Å². The fourth-order valence-corrected chi connectivity index (χ4v) is 3.96. The van der Waals surface area contributed by atoms with Gasteiger partial charge in [-0.1, -0.05) is 42.1 Å². The van der Waals surface area contributed by atoms with Crippen molar-refractivity contribution in [2.75, 3.05) is 6.54 Å². The van der Waals surface area contributed by atoms with E-state index < -0.39 is 0 Å². The van der Waals surface area contributed by atoms with Crippen molar-refractivity contribution in [3.63, 3.8) is 0 Å². The number of carbonyl (C=O) groups is 1. The van der Waals surface area contributed by atoms with Crippen LogP contribution in [0, 0.1) is 0 Å². The summed E-state index contributed by atoms with van der Waals surface area (Å²) in [6, 6.07) is 10.1. The third-order valence-corrected chi connectivity index (χ3v) is 5.46. The predicted octanol–water partition coefficient (Wildman–Crippen LogP) is 2.20. The highest BCUT2D eigenvalue weighted by Gasteiger charge is 2.30. The molecule has 1 aliphatic heterocycles. The highest BCUT2D eigenvalue weighted by Crippen LogP contribution is 2.30. The Bertz CT molecular complexity index is 672. The Hall–Kier alpha value is -1.79. The Labute approximate surface area is 140 Å². The zero-order chi connectivity index (χ0) is 16.2. The van der Waals surface area contributed by atoms with Gasteiger partial charge in [0.05, 0.1) is 23.7 Å². The van der Waals surface area contributed by atoms with Crippen molar-refractivity contribution in [3.05, 3.63) is 47.8 Å². The molecule has 0 radical (unpaired) electrons. The van der Waals surface area contributed by atoms with E-state index in [-0.39, 0.29) is 17.8 Å². The summed E-state index contributed by atoms with van der Waals surface area (Å²) in [5.74, 6) is 0.179. The molecule has 1 N–H and O–H groups in total. The average Bonchev–Trinajstić information content (AvgIpc) is 2.92. The average molecular weight is 331 g/mol. The van der Waals surface area contributed by atoms with Crippen LogP contribution in [0.2, 0.25) is 0 Å². The maximum atomic E-state index is 12.7. The molecule has 2 aromatic rings. The minimum atomic E-state index is -0.0971. The van der Waals surface area contributed by atoms with Crippen LogP contribution in [0.5, 0.6) is 0 Å². The van der Waals surface area contributed by atoms with Crippen LogP contribution in [0.25, 0.3) is 0 Å². The van der Waals surface area contributed by atoms with Crippen molar-refractivity contribution in [3.8, 4) is 0 Å². The van der Waals surface area contributed by atoms with E-state index in [1.54, 1.807) is 6.20 Å². The summed E-state index contributed by atoms with van der Waals surface area (Å²) in [4.78, 5) is 19.0. The molecule has 1 atom stereocenters. The molecule has 1 aromatic heterocycles. The highest BCUT2D eigenvalue weighted by atomic mass is 32.2. The van der Waals surface area contributed by atoms with Crippen LogP contribution in [0.4, 0.5) is 0 Å². The lowest BCUT2D eigenvalue weighted by Crippen LogP contribution is -2.42. The number of hydrogen-bond donors (Lipinski definition) is 1. The SMILES string of the molecule is Cn1c(CO)cnc1S[C@H]1CCCN(Cc2ccccc2)C1=O. The first kappa shape index (κ1) is 16.1. The third-order valence-electron chi connectivity index (χ3n) is 4.15. The number of likely N-dealkylation sites (tertiary alicyclic amines) is 1. The Balaban J connectivity index is 1.68. The van der Waals surface area contributed by atoms with E-state index >= 15 is 0 Å². The minimum Gasteiger partial charge on any atom is -0.390 e. The maximum absolute atomic E-state index is 12.7. The number of imidazole rings is 1. The second-order valence-electron chi connectivity index (χ2n) is 5.74. The van der Waals surface area contributed by atoms with Crippen molar-refractivity contribution >= 4 is 17.7 Å². The van der Waals surface area contributed by atoms with Crippen LogP contribution in [-0.2, 0) is 25.0 Å². The second kappa shape index (κ2) is 7.19. The molecule has 3 rings (SSSR count). The van der Waals surface area contributed by atoms with Crippen molar-refractivity contribution in [1.82, 2.24) is 14.5 Å². The fraction of sp³-hybridized carbons (Fsp3) is 0.412. The Kier molecular flexibility index (Phi) is 5.03. The first-order valence-electron chi connectivity index (χ1n) is 7.80. The highest BCUT2D eigenvalue weighted by molar-refractivity contribution is 8.00. The quantitative estimate of drug-likeness (QED) is 0.912. The van der Waals surface area contributed by atoms with Gasteiger partial charge in [0.1, 0.15) is 0 Å². The monoisotopic (exact) mass is 331 g/mol. The number of carbonyl (C=O) groups excluding carboxylic acids is 1. The molecule has 0 bridgehead atoms. The molecule has 6 heteroatoms.